The van der Waals surface area contributed by atoms with Crippen molar-refractivity contribution in [3.05, 3.63) is 69.8 Å². The van der Waals surface area contributed by atoms with E-state index in [1.807, 2.05) is 12.1 Å². The number of nitrogen functional groups attached to an aromatic ring is 1. The van der Waals surface area contributed by atoms with Crippen molar-refractivity contribution in [3.8, 4) is 0 Å². The lowest BCUT2D eigenvalue weighted by molar-refractivity contribution is -0.384. The molecule has 0 spiro atoms. The van der Waals surface area contributed by atoms with Gasteiger partial charge in [0.1, 0.15) is 0 Å². The van der Waals surface area contributed by atoms with Crippen molar-refractivity contribution in [1.82, 2.24) is 5.32 Å². The minimum absolute atomic E-state index is 0.106. The van der Waals surface area contributed by atoms with Crippen LogP contribution >= 0.6 is 0 Å². The standard InChI is InChI=1S/C14H13N3O3/c15-12-6-4-10(5-7-12)9-16-14(18)11-2-1-3-13(8-11)17(19)20/h1-8H,9,15H2,(H,16,18). The molecule has 0 heterocycles. The van der Waals surface area contributed by atoms with Gasteiger partial charge in [-0.15, -0.1) is 0 Å². The molecule has 0 radical (unpaired) electrons. The second kappa shape index (κ2) is 5.83. The Morgan fingerprint density at radius 2 is 1.90 bits per heavy atom. The van der Waals surface area contributed by atoms with Gasteiger partial charge < -0.3 is 11.1 Å². The zero-order valence-electron chi connectivity index (χ0n) is 10.6. The topological polar surface area (TPSA) is 98.3 Å². The van der Waals surface area contributed by atoms with Crippen LogP contribution in [0, 0.1) is 10.1 Å². The van der Waals surface area contributed by atoms with Crippen molar-refractivity contribution in [1.29, 1.82) is 0 Å². The van der Waals surface area contributed by atoms with Gasteiger partial charge >= 0.3 is 0 Å². The van der Waals surface area contributed by atoms with Gasteiger partial charge in [0.05, 0.1) is 4.92 Å². The first-order chi connectivity index (χ1) is 9.56. The second-order valence-corrected chi connectivity index (χ2v) is 4.23. The molecule has 20 heavy (non-hydrogen) atoms. The maximum Gasteiger partial charge on any atom is 0.270 e. The summed E-state index contributed by atoms with van der Waals surface area (Å²) in [6.45, 7) is 0.335. The molecule has 3 N–H and O–H groups in total. The van der Waals surface area contributed by atoms with E-state index in [-0.39, 0.29) is 17.2 Å². The number of anilines is 1. The lowest BCUT2D eigenvalue weighted by Crippen LogP contribution is -2.22. The molecule has 0 aliphatic carbocycles. The van der Waals surface area contributed by atoms with Crippen molar-refractivity contribution >= 4 is 17.3 Å². The molecule has 0 aliphatic heterocycles. The first-order valence-electron chi connectivity index (χ1n) is 5.93. The normalized spacial score (nSPS) is 10.0. The number of nitro groups is 1. The van der Waals surface area contributed by atoms with Crippen LogP contribution in [0.25, 0.3) is 0 Å². The molecule has 6 heteroatoms. The Bertz CT molecular complexity index is 638. The lowest BCUT2D eigenvalue weighted by atomic mass is 10.1. The summed E-state index contributed by atoms with van der Waals surface area (Å²) in [6, 6.07) is 12.7. The summed E-state index contributed by atoms with van der Waals surface area (Å²) in [5.74, 6) is -0.356. The summed E-state index contributed by atoms with van der Waals surface area (Å²) in [7, 11) is 0. The number of nitro benzene ring substituents is 1. The van der Waals surface area contributed by atoms with E-state index in [0.717, 1.165) is 5.56 Å². The molecule has 0 atom stereocenters. The summed E-state index contributed by atoms with van der Waals surface area (Å²) in [4.78, 5) is 22.0. The van der Waals surface area contributed by atoms with Gasteiger partial charge in [-0.3, -0.25) is 14.9 Å². The highest BCUT2D eigenvalue weighted by molar-refractivity contribution is 5.94. The van der Waals surface area contributed by atoms with Crippen LogP contribution in [-0.4, -0.2) is 10.8 Å². The van der Waals surface area contributed by atoms with E-state index in [1.165, 1.54) is 24.3 Å². The number of hydrogen-bond donors (Lipinski definition) is 2. The molecule has 0 saturated heterocycles. The highest BCUT2D eigenvalue weighted by atomic mass is 16.6. The van der Waals surface area contributed by atoms with E-state index >= 15 is 0 Å². The number of carbonyl (C=O) groups is 1. The lowest BCUT2D eigenvalue weighted by Gasteiger charge is -2.05. The Morgan fingerprint density at radius 3 is 2.55 bits per heavy atom. The summed E-state index contributed by atoms with van der Waals surface area (Å²) >= 11 is 0. The predicted octanol–water partition coefficient (Wildman–Crippen LogP) is 2.11. The number of amides is 1. The first kappa shape index (κ1) is 13.5. The molecule has 6 nitrogen and oxygen atoms in total. The molecule has 0 fully saturated rings. The van der Waals surface area contributed by atoms with Crippen molar-refractivity contribution in [2.24, 2.45) is 0 Å². The zero-order valence-corrected chi connectivity index (χ0v) is 10.6. The van der Waals surface area contributed by atoms with Gasteiger partial charge in [0.15, 0.2) is 0 Å². The monoisotopic (exact) mass is 271 g/mol. The molecule has 2 aromatic rings. The number of nitrogens with zero attached hydrogens (tertiary/aromatic N) is 1. The summed E-state index contributed by atoms with van der Waals surface area (Å²) in [6.07, 6.45) is 0. The molecule has 0 aromatic heterocycles. The van der Waals surface area contributed by atoms with Gasteiger partial charge in [0.25, 0.3) is 11.6 Å². The Balaban J connectivity index is 2.03. The van der Waals surface area contributed by atoms with E-state index in [0.29, 0.717) is 12.2 Å². The third-order valence-corrected chi connectivity index (χ3v) is 2.75. The van der Waals surface area contributed by atoms with Crippen LogP contribution in [0.5, 0.6) is 0 Å². The summed E-state index contributed by atoms with van der Waals surface area (Å²) < 4.78 is 0. The molecule has 102 valence electrons. The average molecular weight is 271 g/mol. The fraction of sp³-hybridized carbons (Fsp3) is 0.0714. The van der Waals surface area contributed by atoms with Gasteiger partial charge in [-0.1, -0.05) is 18.2 Å². The maximum atomic E-state index is 11.9. The maximum absolute atomic E-state index is 11.9. The van der Waals surface area contributed by atoms with E-state index in [2.05, 4.69) is 5.32 Å². The van der Waals surface area contributed by atoms with Crippen LogP contribution in [-0.2, 0) is 6.54 Å². The van der Waals surface area contributed by atoms with Crippen LogP contribution in [0.2, 0.25) is 0 Å². The van der Waals surface area contributed by atoms with Crippen molar-refractivity contribution < 1.29 is 9.72 Å². The minimum Gasteiger partial charge on any atom is -0.399 e. The van der Waals surface area contributed by atoms with E-state index in [9.17, 15) is 14.9 Å². The average Bonchev–Trinajstić information content (AvgIpc) is 2.46. The summed E-state index contributed by atoms with van der Waals surface area (Å²) in [5.41, 5.74) is 7.27. The molecule has 0 unspecified atom stereocenters. The predicted molar refractivity (Wildman–Crippen MR) is 75.1 cm³/mol. The fourth-order valence-electron chi connectivity index (χ4n) is 1.68. The minimum atomic E-state index is -0.531. The Kier molecular flexibility index (Phi) is 3.95. The largest absolute Gasteiger partial charge is 0.399 e. The number of benzene rings is 2. The highest BCUT2D eigenvalue weighted by Gasteiger charge is 2.10. The molecule has 1 amide bonds. The number of rotatable bonds is 4. The van der Waals surface area contributed by atoms with Crippen molar-refractivity contribution in [2.45, 2.75) is 6.54 Å². The summed E-state index contributed by atoms with van der Waals surface area (Å²) in [5, 5.41) is 13.3. The van der Waals surface area contributed by atoms with Gasteiger partial charge in [-0.2, -0.15) is 0 Å². The van der Waals surface area contributed by atoms with Crippen LogP contribution in [0.4, 0.5) is 11.4 Å². The number of carbonyl (C=O) groups excluding carboxylic acids is 1. The van der Waals surface area contributed by atoms with Crippen LogP contribution in [0.1, 0.15) is 15.9 Å². The van der Waals surface area contributed by atoms with Gasteiger partial charge in [0, 0.05) is 29.9 Å². The van der Waals surface area contributed by atoms with Crippen molar-refractivity contribution in [3.63, 3.8) is 0 Å². The quantitative estimate of drug-likeness (QED) is 0.505. The van der Waals surface area contributed by atoms with Gasteiger partial charge in [0.2, 0.25) is 0 Å². The van der Waals surface area contributed by atoms with Crippen LogP contribution in [0.3, 0.4) is 0 Å². The SMILES string of the molecule is Nc1ccc(CNC(=O)c2cccc([N+](=O)[O-])c2)cc1. The van der Waals surface area contributed by atoms with Crippen molar-refractivity contribution in [2.75, 3.05) is 5.73 Å². The molecule has 2 aromatic carbocycles. The number of nitrogens with one attached hydrogen (secondary N) is 1. The molecule has 0 saturated carbocycles. The Morgan fingerprint density at radius 1 is 1.20 bits per heavy atom. The first-order valence-corrected chi connectivity index (χ1v) is 5.93. The third-order valence-electron chi connectivity index (χ3n) is 2.75. The third kappa shape index (κ3) is 3.32. The molecular weight excluding hydrogens is 258 g/mol. The number of nitrogens with two attached hydrogens (primary N) is 1. The smallest absolute Gasteiger partial charge is 0.270 e. The molecule has 0 bridgehead atoms. The number of hydrogen-bond acceptors (Lipinski definition) is 4. The highest BCUT2D eigenvalue weighted by Crippen LogP contribution is 2.13. The Labute approximate surface area is 115 Å². The van der Waals surface area contributed by atoms with E-state index < -0.39 is 4.92 Å². The molecule has 2 rings (SSSR count). The Hall–Kier alpha value is -2.89. The fourth-order valence-corrected chi connectivity index (χ4v) is 1.68. The van der Waals surface area contributed by atoms with Crippen LogP contribution in [0.15, 0.2) is 48.5 Å². The molecule has 0 aliphatic rings. The number of non-ortho nitro benzene ring substituents is 1. The van der Waals surface area contributed by atoms with Crippen LogP contribution < -0.4 is 11.1 Å². The van der Waals surface area contributed by atoms with Gasteiger partial charge in [-0.05, 0) is 23.8 Å². The van der Waals surface area contributed by atoms with E-state index in [1.54, 1.807) is 12.1 Å². The second-order valence-electron chi connectivity index (χ2n) is 4.23. The zero-order chi connectivity index (χ0) is 14.5. The van der Waals surface area contributed by atoms with Gasteiger partial charge in [-0.25, -0.2) is 0 Å². The molecular formula is C14H13N3O3. The van der Waals surface area contributed by atoms with E-state index in [4.69, 9.17) is 5.73 Å².